The van der Waals surface area contributed by atoms with Crippen molar-refractivity contribution in [1.82, 2.24) is 40.2 Å². The zero-order valence-electron chi connectivity index (χ0n) is 43.7. The molecule has 4 N–H and O–H groups in total. The highest BCUT2D eigenvalue weighted by molar-refractivity contribution is 5.91. The molecule has 0 bridgehead atoms. The summed E-state index contributed by atoms with van der Waals surface area (Å²) >= 11 is 0. The average molecular weight is 979 g/mol. The van der Waals surface area contributed by atoms with Crippen LogP contribution in [0.1, 0.15) is 126 Å². The van der Waals surface area contributed by atoms with Crippen LogP contribution in [0.3, 0.4) is 0 Å². The van der Waals surface area contributed by atoms with Crippen LogP contribution in [0.2, 0.25) is 0 Å². The smallest absolute Gasteiger partial charge is 0.245 e. The number of fused-ring (bicyclic) bond motifs is 1. The normalized spacial score (nSPS) is 20.9. The second-order valence-electron chi connectivity index (χ2n) is 20.9. The first-order valence-electron chi connectivity index (χ1n) is 27.3. The molecule has 390 valence electrons. The Balaban J connectivity index is 0.903. The average Bonchev–Trinajstić information content (AvgIpc) is 4.21. The number of nitrogens with one attached hydrogen (secondary N) is 4. The molecule has 71 heavy (non-hydrogen) atoms. The van der Waals surface area contributed by atoms with Gasteiger partial charge in [0.1, 0.15) is 12.1 Å². The molecule has 2 aliphatic carbocycles. The van der Waals surface area contributed by atoms with Crippen molar-refractivity contribution in [1.29, 1.82) is 0 Å². The lowest BCUT2D eigenvalue weighted by Gasteiger charge is -2.35. The van der Waals surface area contributed by atoms with Gasteiger partial charge in [0.2, 0.25) is 23.6 Å². The van der Waals surface area contributed by atoms with E-state index in [1.54, 1.807) is 20.2 Å². The Labute approximate surface area is 424 Å². The van der Waals surface area contributed by atoms with Crippen molar-refractivity contribution >= 4 is 40.6 Å². The number of nitrogens with zero attached hydrogens (tertiary/aromatic N) is 4. The van der Waals surface area contributed by atoms with Gasteiger partial charge in [-0.2, -0.15) is 0 Å². The Hall–Kier alpha value is -4.76. The monoisotopic (exact) mass is 979 g/mol. The molecule has 2 saturated heterocycles. The summed E-state index contributed by atoms with van der Waals surface area (Å²) in [5.41, 5.74) is 5.91. The number of carbonyl (C=O) groups is 4. The quantitative estimate of drug-likeness (QED) is 0.0519. The van der Waals surface area contributed by atoms with E-state index >= 15 is 0 Å². The number of allylic oxidation sites excluding steroid dienone is 2. The van der Waals surface area contributed by atoms with E-state index in [1.807, 2.05) is 19.9 Å². The Morgan fingerprint density at radius 3 is 1.68 bits per heavy atom. The van der Waals surface area contributed by atoms with Crippen molar-refractivity contribution in [2.45, 2.75) is 173 Å². The summed E-state index contributed by atoms with van der Waals surface area (Å²) in [6.07, 6.45) is 26.4. The number of para-hydroxylation sites is 1. The lowest BCUT2D eigenvalue weighted by Crippen LogP contribution is -2.56. The minimum absolute atomic E-state index is 0.0640. The second-order valence-corrected chi connectivity index (χ2v) is 20.9. The van der Waals surface area contributed by atoms with Crippen LogP contribution in [0, 0.1) is 18.8 Å². The van der Waals surface area contributed by atoms with Gasteiger partial charge < -0.3 is 49.7 Å². The number of amides is 4. The highest BCUT2D eigenvalue weighted by Gasteiger charge is 2.41. The van der Waals surface area contributed by atoms with Gasteiger partial charge in [-0.1, -0.05) is 81.5 Å². The first kappa shape index (κ1) is 54.0. The van der Waals surface area contributed by atoms with E-state index in [0.29, 0.717) is 46.1 Å². The summed E-state index contributed by atoms with van der Waals surface area (Å²) in [4.78, 5) is 59.2. The van der Waals surface area contributed by atoms with Crippen LogP contribution in [0.5, 0.6) is 0 Å². The van der Waals surface area contributed by atoms with Crippen molar-refractivity contribution in [2.24, 2.45) is 11.8 Å². The fourth-order valence-corrected chi connectivity index (χ4v) is 11.9. The van der Waals surface area contributed by atoms with Crippen molar-refractivity contribution in [3.05, 3.63) is 77.8 Å². The fourth-order valence-electron chi connectivity index (χ4n) is 11.9. The predicted molar refractivity (Wildman–Crippen MR) is 283 cm³/mol. The van der Waals surface area contributed by atoms with E-state index in [9.17, 15) is 19.2 Å². The Morgan fingerprint density at radius 1 is 0.662 bits per heavy atom. The molecule has 2 saturated carbocycles. The number of hydrogen-bond acceptors (Lipinski definition) is 8. The van der Waals surface area contributed by atoms with Crippen LogP contribution in [0.15, 0.2) is 55.4 Å². The third-order valence-electron chi connectivity index (χ3n) is 16.3. The molecule has 4 amide bonds. The zero-order chi connectivity index (χ0) is 50.3. The van der Waals surface area contributed by atoms with E-state index in [0.717, 1.165) is 113 Å². The number of aromatic nitrogens is 2. The molecule has 4 aliphatic rings. The van der Waals surface area contributed by atoms with E-state index < -0.39 is 12.1 Å². The summed E-state index contributed by atoms with van der Waals surface area (Å²) < 4.78 is 16.8. The number of carbonyl (C=O) groups excluding carboxylic acids is 4. The van der Waals surface area contributed by atoms with Gasteiger partial charge in [-0.3, -0.25) is 19.2 Å². The number of hydrogen-bond donors (Lipinski definition) is 4. The SMILES string of the molecule is C=C/C=C\c1c(C[C@H]2CCCN2C(=O)[C@@H](NC(=O)[C@H](C)NC)C2CCCCC2)cn(CCOCCOCCn2cc(C[C@H]3CCCN3C(=O)[C@@H](NC(=O)[C@H](C)NC)C3CCCCC3)c3ccccc32)c1C. The summed E-state index contributed by atoms with van der Waals surface area (Å²) in [6.45, 7) is 14.7. The maximum atomic E-state index is 14.4. The van der Waals surface area contributed by atoms with E-state index in [4.69, 9.17) is 9.47 Å². The number of rotatable bonds is 25. The van der Waals surface area contributed by atoms with Gasteiger partial charge in [0, 0.05) is 67.3 Å². The highest BCUT2D eigenvalue weighted by atomic mass is 16.5. The third kappa shape index (κ3) is 13.9. The van der Waals surface area contributed by atoms with Crippen molar-refractivity contribution < 1.29 is 28.7 Å². The van der Waals surface area contributed by atoms with Gasteiger partial charge in [0.05, 0.1) is 38.5 Å². The molecule has 4 fully saturated rings. The minimum atomic E-state index is -0.494. The molecule has 14 heteroatoms. The van der Waals surface area contributed by atoms with Crippen LogP contribution in [-0.4, -0.2) is 132 Å². The van der Waals surface area contributed by atoms with Gasteiger partial charge in [-0.25, -0.2) is 0 Å². The molecular weight excluding hydrogens is 893 g/mol. The van der Waals surface area contributed by atoms with Crippen LogP contribution in [0.4, 0.5) is 0 Å². The molecule has 7 rings (SSSR count). The Morgan fingerprint density at radius 2 is 1.15 bits per heavy atom. The molecule has 3 aromatic rings. The summed E-state index contributed by atoms with van der Waals surface area (Å²) in [5.74, 6) is 0.260. The molecule has 0 radical (unpaired) electrons. The molecule has 6 atom stereocenters. The fraction of sp³-hybridized carbons (Fsp3) is 0.649. The largest absolute Gasteiger partial charge is 0.377 e. The number of benzene rings is 1. The Bertz CT molecular complexity index is 2260. The topological polar surface area (TPSA) is 151 Å². The van der Waals surface area contributed by atoms with Crippen molar-refractivity contribution in [3.8, 4) is 0 Å². The summed E-state index contributed by atoms with van der Waals surface area (Å²) in [6, 6.07) is 6.96. The number of likely N-dealkylation sites (tertiary alicyclic amines) is 2. The molecule has 2 aromatic heterocycles. The molecule has 4 heterocycles. The minimum Gasteiger partial charge on any atom is -0.377 e. The predicted octanol–water partition coefficient (Wildman–Crippen LogP) is 7.10. The molecular formula is C57H86N8O6. The van der Waals surface area contributed by atoms with Gasteiger partial charge in [0.15, 0.2) is 0 Å². The highest BCUT2D eigenvalue weighted by Crippen LogP contribution is 2.34. The van der Waals surface area contributed by atoms with Gasteiger partial charge >= 0.3 is 0 Å². The summed E-state index contributed by atoms with van der Waals surface area (Å²) in [5, 5.41) is 13.6. The van der Waals surface area contributed by atoms with Crippen molar-refractivity contribution in [3.63, 3.8) is 0 Å². The molecule has 14 nitrogen and oxygen atoms in total. The first-order valence-corrected chi connectivity index (χ1v) is 27.3. The second kappa shape index (κ2) is 26.8. The lowest BCUT2D eigenvalue weighted by atomic mass is 9.83. The van der Waals surface area contributed by atoms with Crippen LogP contribution < -0.4 is 21.3 Å². The van der Waals surface area contributed by atoms with E-state index in [1.165, 1.54) is 29.4 Å². The van der Waals surface area contributed by atoms with Crippen LogP contribution in [-0.2, 0) is 54.6 Å². The number of likely N-dealkylation sites (N-methyl/N-ethyl adjacent to an activating group) is 2. The van der Waals surface area contributed by atoms with E-state index in [-0.39, 0.29) is 59.6 Å². The molecule has 0 unspecified atom stereocenters. The molecule has 1 aromatic carbocycles. The van der Waals surface area contributed by atoms with Gasteiger partial charge in [0.25, 0.3) is 0 Å². The van der Waals surface area contributed by atoms with Gasteiger partial charge in [-0.05, 0) is 134 Å². The molecule has 0 spiro atoms. The lowest BCUT2D eigenvalue weighted by molar-refractivity contribution is -0.139. The van der Waals surface area contributed by atoms with Gasteiger partial charge in [-0.15, -0.1) is 0 Å². The zero-order valence-corrected chi connectivity index (χ0v) is 43.7. The number of ether oxygens (including phenoxy) is 2. The maximum absolute atomic E-state index is 14.4. The van der Waals surface area contributed by atoms with E-state index in [2.05, 4.69) is 96.4 Å². The summed E-state index contributed by atoms with van der Waals surface area (Å²) in [7, 11) is 3.55. The molecule has 2 aliphatic heterocycles. The van der Waals surface area contributed by atoms with Crippen LogP contribution >= 0.6 is 0 Å². The Kier molecular flexibility index (Phi) is 20.4. The van der Waals surface area contributed by atoms with Crippen molar-refractivity contribution in [2.75, 3.05) is 53.6 Å². The third-order valence-corrected chi connectivity index (χ3v) is 16.3. The first-order chi connectivity index (χ1) is 34.5. The van der Waals surface area contributed by atoms with Crippen LogP contribution in [0.25, 0.3) is 17.0 Å². The maximum Gasteiger partial charge on any atom is 0.245 e. The standard InChI is InChI=1S/C57H86N8O6/c1-7-8-25-49-42(4)62(38-45(49)36-47-23-17-28-64(47)56(68)52(43-19-11-9-12-20-43)60-54(66)40(2)58-5)30-32-70-34-35-71-33-31-63-39-46(50-26-15-16-27-51(50)63)37-48-24-18-29-65(48)57(69)53(44-21-13-10-14-22-44)61-55(67)41(3)59-6/h7-8,15-16,25-27,38-41,43-44,47-48,52-53,58-59H,1,9-14,17-24,28-37H2,2-6H3,(H,60,66)(H,61,67)/b25-8-/t40-,41-,47+,48+,52-,53-/m0/s1.